The van der Waals surface area contributed by atoms with Gasteiger partial charge in [-0.3, -0.25) is 0 Å². The van der Waals surface area contributed by atoms with E-state index in [1.54, 1.807) is 6.92 Å². The minimum Gasteiger partial charge on any atom is -0.394 e. The molecule has 0 aliphatic carbocycles. The lowest BCUT2D eigenvalue weighted by Gasteiger charge is -2.38. The third-order valence-corrected chi connectivity index (χ3v) is 2.21. The van der Waals surface area contributed by atoms with Crippen LogP contribution in [0.4, 0.5) is 0 Å². The Morgan fingerprint density at radius 1 is 1.77 bits per heavy atom. The topological polar surface area (TPSA) is 98.5 Å². The molecule has 6 heteroatoms. The second kappa shape index (κ2) is 3.93. The Kier molecular flexibility index (Phi) is 3.11. The number of aliphatic hydroxyl groups is 2. The Hall–Kier alpha value is -0.810. The van der Waals surface area contributed by atoms with E-state index < -0.39 is 11.7 Å². The molecule has 0 spiro atoms. The monoisotopic (exact) mass is 187 g/mol. The second-order valence-corrected chi connectivity index (χ2v) is 3.42. The molecule has 1 unspecified atom stereocenters. The summed E-state index contributed by atoms with van der Waals surface area (Å²) >= 11 is 0. The fourth-order valence-corrected chi connectivity index (χ4v) is 1.47. The molecule has 3 atom stereocenters. The van der Waals surface area contributed by atoms with Crippen LogP contribution < -0.4 is 0 Å². The van der Waals surface area contributed by atoms with Gasteiger partial charge in [-0.1, -0.05) is 5.11 Å². The highest BCUT2D eigenvalue weighted by Crippen LogP contribution is 2.26. The number of aliphatic hydroxyl groups excluding tert-OH is 1. The Labute approximate surface area is 75.8 Å². The molecule has 13 heavy (non-hydrogen) atoms. The maximum atomic E-state index is 9.76. The van der Waals surface area contributed by atoms with E-state index in [2.05, 4.69) is 10.0 Å². The molecule has 0 aromatic rings. The van der Waals surface area contributed by atoms with Crippen LogP contribution in [-0.4, -0.2) is 41.2 Å². The van der Waals surface area contributed by atoms with Crippen LogP contribution in [0.25, 0.3) is 10.4 Å². The molecule has 0 aromatic heterocycles. The lowest BCUT2D eigenvalue weighted by atomic mass is 9.89. The Bertz CT molecular complexity index is 225. The largest absolute Gasteiger partial charge is 0.394 e. The molecule has 0 bridgehead atoms. The average Bonchev–Trinajstić information content (AvgIpc) is 2.03. The molecule has 74 valence electrons. The molecule has 1 heterocycles. The molecule has 1 saturated heterocycles. The lowest BCUT2D eigenvalue weighted by molar-refractivity contribution is -0.155. The summed E-state index contributed by atoms with van der Waals surface area (Å²) in [6, 6.07) is -0.345. The van der Waals surface area contributed by atoms with Gasteiger partial charge in [0.05, 0.1) is 24.9 Å². The molecule has 0 saturated carbocycles. The highest BCUT2D eigenvalue weighted by molar-refractivity contribution is 4.91. The Morgan fingerprint density at radius 3 is 2.92 bits per heavy atom. The van der Waals surface area contributed by atoms with Crippen molar-refractivity contribution in [2.75, 3.05) is 13.2 Å². The van der Waals surface area contributed by atoms with Crippen LogP contribution in [0.1, 0.15) is 13.3 Å². The lowest BCUT2D eigenvalue weighted by Crippen LogP contribution is -2.51. The minimum absolute atomic E-state index is 0.226. The van der Waals surface area contributed by atoms with Crippen molar-refractivity contribution in [2.24, 2.45) is 5.11 Å². The standard InChI is InChI=1S/C7H13N3O3/c1-7(12)2-5(9-10-8)4-13-6(7)3-11/h5-6,11-12H,2-4H2,1H3/t5-,6-,7?/m1/s1. The zero-order valence-corrected chi connectivity index (χ0v) is 7.42. The van der Waals surface area contributed by atoms with Gasteiger partial charge in [-0.15, -0.1) is 0 Å². The van der Waals surface area contributed by atoms with Crippen LogP contribution >= 0.6 is 0 Å². The Balaban J connectivity index is 2.63. The first-order valence-electron chi connectivity index (χ1n) is 4.09. The van der Waals surface area contributed by atoms with Crippen LogP contribution in [0, 0.1) is 0 Å². The van der Waals surface area contributed by atoms with E-state index in [-0.39, 0.29) is 19.3 Å². The molecule has 0 aromatic carbocycles. The number of azide groups is 1. The number of hydrogen-bond acceptors (Lipinski definition) is 4. The SMILES string of the molecule is CC1(O)C[C@@H](N=[N+]=[N-])CO[C@@H]1CO. The number of hydrogen-bond donors (Lipinski definition) is 2. The average molecular weight is 187 g/mol. The van der Waals surface area contributed by atoms with Crippen molar-refractivity contribution in [2.45, 2.75) is 31.1 Å². The Morgan fingerprint density at radius 2 is 2.46 bits per heavy atom. The van der Waals surface area contributed by atoms with Crippen molar-refractivity contribution < 1.29 is 14.9 Å². The summed E-state index contributed by atoms with van der Waals surface area (Å²) in [4.78, 5) is 2.65. The molecule has 2 N–H and O–H groups in total. The first-order valence-corrected chi connectivity index (χ1v) is 4.09. The summed E-state index contributed by atoms with van der Waals surface area (Å²) in [7, 11) is 0. The molecule has 0 radical (unpaired) electrons. The maximum Gasteiger partial charge on any atom is 0.109 e. The zero-order chi connectivity index (χ0) is 9.90. The van der Waals surface area contributed by atoms with Crippen molar-refractivity contribution in [1.82, 2.24) is 0 Å². The van der Waals surface area contributed by atoms with E-state index in [0.29, 0.717) is 6.42 Å². The second-order valence-electron chi connectivity index (χ2n) is 3.42. The van der Waals surface area contributed by atoms with Crippen LogP contribution in [0.2, 0.25) is 0 Å². The van der Waals surface area contributed by atoms with Crippen LogP contribution in [0.3, 0.4) is 0 Å². The van der Waals surface area contributed by atoms with Gasteiger partial charge >= 0.3 is 0 Å². The van der Waals surface area contributed by atoms with Gasteiger partial charge < -0.3 is 14.9 Å². The molecule has 1 fully saturated rings. The molecule has 1 rings (SSSR count). The van der Waals surface area contributed by atoms with Gasteiger partial charge in [0.2, 0.25) is 0 Å². The van der Waals surface area contributed by atoms with Crippen LogP contribution in [0.5, 0.6) is 0 Å². The molecular weight excluding hydrogens is 174 g/mol. The highest BCUT2D eigenvalue weighted by atomic mass is 16.5. The van der Waals surface area contributed by atoms with E-state index in [1.807, 2.05) is 0 Å². The number of nitrogens with zero attached hydrogens (tertiary/aromatic N) is 3. The van der Waals surface area contributed by atoms with Gasteiger partial charge in [-0.2, -0.15) is 0 Å². The van der Waals surface area contributed by atoms with Crippen LogP contribution in [0.15, 0.2) is 5.11 Å². The zero-order valence-electron chi connectivity index (χ0n) is 7.42. The highest BCUT2D eigenvalue weighted by Gasteiger charge is 2.39. The predicted octanol–water partition coefficient (Wildman–Crippen LogP) is 0.198. The van der Waals surface area contributed by atoms with Gasteiger partial charge in [0, 0.05) is 4.91 Å². The van der Waals surface area contributed by atoms with Gasteiger partial charge in [0.15, 0.2) is 0 Å². The van der Waals surface area contributed by atoms with Gasteiger partial charge in [0.1, 0.15) is 6.10 Å². The fourth-order valence-electron chi connectivity index (χ4n) is 1.47. The normalized spacial score (nSPS) is 39.6. The molecule has 1 aliphatic heterocycles. The summed E-state index contributed by atoms with van der Waals surface area (Å²) in [5.41, 5.74) is 7.06. The number of ether oxygens (including phenoxy) is 1. The summed E-state index contributed by atoms with van der Waals surface area (Å²) in [5, 5.41) is 22.1. The first-order chi connectivity index (χ1) is 6.10. The fraction of sp³-hybridized carbons (Fsp3) is 1.00. The molecule has 6 nitrogen and oxygen atoms in total. The summed E-state index contributed by atoms with van der Waals surface area (Å²) in [6.07, 6.45) is -0.264. The van der Waals surface area contributed by atoms with Crippen molar-refractivity contribution in [1.29, 1.82) is 0 Å². The minimum atomic E-state index is -1.12. The smallest absolute Gasteiger partial charge is 0.109 e. The third-order valence-electron chi connectivity index (χ3n) is 2.21. The van der Waals surface area contributed by atoms with Crippen LogP contribution in [-0.2, 0) is 4.74 Å². The van der Waals surface area contributed by atoms with Crippen molar-refractivity contribution >= 4 is 0 Å². The molecular formula is C7H13N3O3. The maximum absolute atomic E-state index is 9.76. The van der Waals surface area contributed by atoms with E-state index in [4.69, 9.17) is 15.4 Å². The van der Waals surface area contributed by atoms with E-state index >= 15 is 0 Å². The van der Waals surface area contributed by atoms with E-state index in [1.165, 1.54) is 0 Å². The van der Waals surface area contributed by atoms with Crippen molar-refractivity contribution in [3.05, 3.63) is 10.4 Å². The molecule has 1 aliphatic rings. The van der Waals surface area contributed by atoms with Crippen molar-refractivity contribution in [3.63, 3.8) is 0 Å². The van der Waals surface area contributed by atoms with Gasteiger partial charge in [-0.05, 0) is 18.9 Å². The summed E-state index contributed by atoms with van der Waals surface area (Å²) in [5.74, 6) is 0. The molecule has 0 amide bonds. The first kappa shape index (κ1) is 10.3. The van der Waals surface area contributed by atoms with Gasteiger partial charge in [0.25, 0.3) is 0 Å². The van der Waals surface area contributed by atoms with Crippen molar-refractivity contribution in [3.8, 4) is 0 Å². The number of rotatable bonds is 2. The quantitative estimate of drug-likeness (QED) is 0.367. The summed E-state index contributed by atoms with van der Waals surface area (Å²) in [6.45, 7) is 1.59. The summed E-state index contributed by atoms with van der Waals surface area (Å²) < 4.78 is 5.14. The predicted molar refractivity (Wildman–Crippen MR) is 45.0 cm³/mol. The van der Waals surface area contributed by atoms with Gasteiger partial charge in [-0.25, -0.2) is 0 Å². The third kappa shape index (κ3) is 2.32. The van der Waals surface area contributed by atoms with E-state index in [0.717, 1.165) is 0 Å². The van der Waals surface area contributed by atoms with E-state index in [9.17, 15) is 5.11 Å².